The number of imidazole rings is 2. The van der Waals surface area contributed by atoms with Crippen LogP contribution in [0.25, 0.3) is 33.6 Å². The molecule has 2 saturated heterocycles. The standard InChI is InChI=1S/C40H45N9O6S/c1-23(2)34(55-39(41)52)38(51)49-17-5-7-33(49)36-43-20-31(46-36)27-14-10-25(11-15-27)24-8-12-26(13-9-24)30-19-42-35(45-30)32-6-4-16-48(32)37(50)29(47-40(53)54-3)18-28-21-56-22-44-28/h8-15,19-23,29,32-34H,4-7,16-18H2,1-3H3,(H2,41,52)(H,42,45)(H,43,46)(H,47,53)/t29-,32?,33-,34-/m0/s1. The van der Waals surface area contributed by atoms with E-state index < -0.39 is 24.3 Å². The van der Waals surface area contributed by atoms with Crippen LogP contribution >= 0.6 is 11.3 Å². The van der Waals surface area contributed by atoms with Crippen molar-refractivity contribution in [2.45, 2.75) is 70.2 Å². The van der Waals surface area contributed by atoms with Gasteiger partial charge in [-0.3, -0.25) is 9.59 Å². The molecule has 4 amide bonds. The zero-order valence-corrected chi connectivity index (χ0v) is 32.3. The SMILES string of the molecule is COC(=O)N[C@@H](Cc1cscn1)C(=O)N1CCCC1c1ncc(-c2ccc(-c3ccc(-c4cnc([C@@H]5CCCN5C(=O)[C@@H](OC(N)=O)C(C)C)[nH]4)cc3)cc2)[nH]1. The van der Waals surface area contributed by atoms with Crippen LogP contribution in [-0.4, -0.2) is 91.1 Å². The van der Waals surface area contributed by atoms with Crippen molar-refractivity contribution in [3.05, 3.63) is 89.2 Å². The minimum absolute atomic E-state index is 0.201. The molecule has 56 heavy (non-hydrogen) atoms. The van der Waals surface area contributed by atoms with Crippen LogP contribution in [0, 0.1) is 5.92 Å². The number of carbonyl (C=O) groups is 4. The molecule has 15 nitrogen and oxygen atoms in total. The topological polar surface area (TPSA) is 202 Å². The van der Waals surface area contributed by atoms with E-state index in [0.29, 0.717) is 24.7 Å². The molecule has 0 spiro atoms. The molecule has 7 rings (SSSR count). The highest BCUT2D eigenvalue weighted by atomic mass is 32.1. The summed E-state index contributed by atoms with van der Waals surface area (Å²) in [6.45, 7) is 4.75. The summed E-state index contributed by atoms with van der Waals surface area (Å²) < 4.78 is 9.97. The van der Waals surface area contributed by atoms with Crippen LogP contribution in [0.2, 0.25) is 0 Å². The van der Waals surface area contributed by atoms with Crippen LogP contribution in [0.3, 0.4) is 0 Å². The third-order valence-corrected chi connectivity index (χ3v) is 11.0. The number of rotatable bonds is 12. The summed E-state index contributed by atoms with van der Waals surface area (Å²) >= 11 is 1.44. The Morgan fingerprint density at radius 3 is 1.80 bits per heavy atom. The predicted molar refractivity (Wildman–Crippen MR) is 209 cm³/mol. The number of ether oxygens (including phenoxy) is 2. The second kappa shape index (κ2) is 16.8. The summed E-state index contributed by atoms with van der Waals surface area (Å²) in [5.74, 6) is 0.697. The van der Waals surface area contributed by atoms with E-state index >= 15 is 0 Å². The van der Waals surface area contributed by atoms with E-state index in [1.165, 1.54) is 18.4 Å². The number of alkyl carbamates (subject to hydrolysis) is 1. The second-order valence-electron chi connectivity index (χ2n) is 14.4. The number of aromatic amines is 2. The summed E-state index contributed by atoms with van der Waals surface area (Å²) in [4.78, 5) is 74.7. The highest BCUT2D eigenvalue weighted by Gasteiger charge is 2.39. The van der Waals surface area contributed by atoms with Gasteiger partial charge in [0, 0.05) is 24.9 Å². The summed E-state index contributed by atoms with van der Waals surface area (Å²) in [6, 6.07) is 15.1. The fraction of sp³-hybridized carbons (Fsp3) is 0.375. The average molecular weight is 780 g/mol. The summed E-state index contributed by atoms with van der Waals surface area (Å²) in [5.41, 5.74) is 13.3. The smallest absolute Gasteiger partial charge is 0.407 e. The first-order valence-electron chi connectivity index (χ1n) is 18.7. The summed E-state index contributed by atoms with van der Waals surface area (Å²) in [6.07, 6.45) is 4.39. The van der Waals surface area contributed by atoms with Gasteiger partial charge in [-0.25, -0.2) is 24.5 Å². The van der Waals surface area contributed by atoms with E-state index in [1.807, 2.05) is 43.5 Å². The zero-order chi connectivity index (χ0) is 39.3. The maximum absolute atomic E-state index is 13.8. The Morgan fingerprint density at radius 2 is 1.34 bits per heavy atom. The molecule has 0 saturated carbocycles. The van der Waals surface area contributed by atoms with E-state index in [4.69, 9.17) is 15.2 Å². The molecular formula is C40H45N9O6S. The number of nitrogens with two attached hydrogens (primary N) is 1. The van der Waals surface area contributed by atoms with Gasteiger partial charge in [0.05, 0.1) is 54.2 Å². The molecule has 0 aliphatic carbocycles. The normalized spacial score (nSPS) is 17.9. The Labute approximate surface area is 328 Å². The molecule has 5 N–H and O–H groups in total. The number of nitrogens with one attached hydrogen (secondary N) is 3. The third-order valence-electron chi connectivity index (χ3n) is 10.4. The summed E-state index contributed by atoms with van der Waals surface area (Å²) in [7, 11) is 1.27. The number of thiazole rings is 1. The van der Waals surface area contributed by atoms with Gasteiger partial charge in [-0.2, -0.15) is 0 Å². The van der Waals surface area contributed by atoms with E-state index in [1.54, 1.807) is 27.7 Å². The number of hydrogen-bond acceptors (Lipinski definition) is 10. The fourth-order valence-corrected chi connectivity index (χ4v) is 8.10. The van der Waals surface area contributed by atoms with E-state index in [0.717, 1.165) is 65.0 Å². The lowest BCUT2D eigenvalue weighted by Crippen LogP contribution is -2.49. The zero-order valence-electron chi connectivity index (χ0n) is 31.4. The Balaban J connectivity index is 1.00. The van der Waals surface area contributed by atoms with Crippen LogP contribution < -0.4 is 11.1 Å². The van der Waals surface area contributed by atoms with Crippen LogP contribution in [0.5, 0.6) is 0 Å². The predicted octanol–water partition coefficient (Wildman–Crippen LogP) is 6.00. The van der Waals surface area contributed by atoms with Crippen molar-refractivity contribution in [3.8, 4) is 33.6 Å². The number of H-pyrrole nitrogens is 2. The van der Waals surface area contributed by atoms with Crippen molar-refractivity contribution in [1.29, 1.82) is 0 Å². The molecule has 0 bridgehead atoms. The maximum Gasteiger partial charge on any atom is 0.407 e. The second-order valence-corrected chi connectivity index (χ2v) is 15.1. The fourth-order valence-electron chi connectivity index (χ4n) is 7.53. The number of methoxy groups -OCH3 is 1. The van der Waals surface area contributed by atoms with Crippen molar-refractivity contribution in [2.24, 2.45) is 11.7 Å². The Bertz CT molecular complexity index is 2150. The van der Waals surface area contributed by atoms with Gasteiger partial charge in [-0.1, -0.05) is 62.4 Å². The highest BCUT2D eigenvalue weighted by Crippen LogP contribution is 2.35. The monoisotopic (exact) mass is 779 g/mol. The van der Waals surface area contributed by atoms with Gasteiger partial charge < -0.3 is 40.3 Å². The highest BCUT2D eigenvalue weighted by molar-refractivity contribution is 7.07. The number of carbonyl (C=O) groups excluding carboxylic acids is 4. The lowest BCUT2D eigenvalue weighted by atomic mass is 10.0. The molecule has 2 aliphatic rings. The van der Waals surface area contributed by atoms with Gasteiger partial charge in [0.15, 0.2) is 6.10 Å². The average Bonchev–Trinajstić information content (AvgIpc) is 4.05. The minimum atomic E-state index is -0.965. The molecule has 5 aromatic rings. The van der Waals surface area contributed by atoms with Gasteiger partial charge >= 0.3 is 12.2 Å². The Hall–Kier alpha value is -6.03. The number of nitrogens with zero attached hydrogens (tertiary/aromatic N) is 5. The molecule has 2 fully saturated rings. The number of amides is 4. The molecule has 292 valence electrons. The first-order chi connectivity index (χ1) is 27.1. The molecule has 3 aromatic heterocycles. The van der Waals surface area contributed by atoms with Gasteiger partial charge in [0.25, 0.3) is 5.91 Å². The molecule has 5 heterocycles. The lowest BCUT2D eigenvalue weighted by Gasteiger charge is -2.29. The molecule has 16 heteroatoms. The molecule has 4 atom stereocenters. The van der Waals surface area contributed by atoms with Crippen LogP contribution in [0.1, 0.15) is 69.0 Å². The third kappa shape index (κ3) is 8.29. The minimum Gasteiger partial charge on any atom is -0.453 e. The van der Waals surface area contributed by atoms with Crippen molar-refractivity contribution in [2.75, 3.05) is 20.2 Å². The van der Waals surface area contributed by atoms with Gasteiger partial charge in [-0.05, 0) is 53.9 Å². The Kier molecular flexibility index (Phi) is 11.5. The van der Waals surface area contributed by atoms with E-state index in [9.17, 15) is 19.2 Å². The molecule has 0 radical (unpaired) electrons. The first-order valence-corrected chi connectivity index (χ1v) is 19.6. The van der Waals surface area contributed by atoms with Crippen molar-refractivity contribution >= 4 is 35.3 Å². The Morgan fingerprint density at radius 1 is 0.821 bits per heavy atom. The van der Waals surface area contributed by atoms with Gasteiger partial charge in [0.2, 0.25) is 5.91 Å². The first kappa shape index (κ1) is 38.3. The van der Waals surface area contributed by atoms with Gasteiger partial charge in [-0.15, -0.1) is 11.3 Å². The maximum atomic E-state index is 13.8. The van der Waals surface area contributed by atoms with Gasteiger partial charge in [0.1, 0.15) is 17.7 Å². The number of likely N-dealkylation sites (tertiary alicyclic amines) is 2. The quantitative estimate of drug-likeness (QED) is 0.117. The number of primary amides is 1. The van der Waals surface area contributed by atoms with E-state index in [-0.39, 0.29) is 36.2 Å². The van der Waals surface area contributed by atoms with E-state index in [2.05, 4.69) is 54.5 Å². The molecule has 2 aliphatic heterocycles. The molecule has 1 unspecified atom stereocenters. The van der Waals surface area contributed by atoms with Crippen LogP contribution in [0.4, 0.5) is 9.59 Å². The van der Waals surface area contributed by atoms with Crippen LogP contribution in [-0.2, 0) is 25.5 Å². The largest absolute Gasteiger partial charge is 0.453 e. The van der Waals surface area contributed by atoms with Crippen molar-refractivity contribution in [3.63, 3.8) is 0 Å². The number of aromatic nitrogens is 5. The van der Waals surface area contributed by atoms with Crippen molar-refractivity contribution < 1.29 is 28.7 Å². The number of benzene rings is 2. The lowest BCUT2D eigenvalue weighted by molar-refractivity contribution is -0.143. The molecular weight excluding hydrogens is 735 g/mol. The van der Waals surface area contributed by atoms with Crippen molar-refractivity contribution in [1.82, 2.24) is 40.0 Å². The molecule has 2 aromatic carbocycles. The summed E-state index contributed by atoms with van der Waals surface area (Å²) in [5, 5.41) is 4.56. The van der Waals surface area contributed by atoms with Crippen LogP contribution in [0.15, 0.2) is 71.8 Å². The number of hydrogen-bond donors (Lipinski definition) is 4.